The summed E-state index contributed by atoms with van der Waals surface area (Å²) in [6.07, 6.45) is 2.19. The van der Waals surface area contributed by atoms with Gasteiger partial charge >= 0.3 is 6.18 Å². The van der Waals surface area contributed by atoms with Gasteiger partial charge in [0.15, 0.2) is 0 Å². The lowest BCUT2D eigenvalue weighted by molar-refractivity contribution is -0.137. The van der Waals surface area contributed by atoms with Crippen molar-refractivity contribution in [2.45, 2.75) is 25.4 Å². The lowest BCUT2D eigenvalue weighted by Crippen LogP contribution is -2.16. The Morgan fingerprint density at radius 2 is 2.11 bits per heavy atom. The molecule has 0 aliphatic heterocycles. The first-order chi connectivity index (χ1) is 16.8. The highest BCUT2D eigenvalue weighted by molar-refractivity contribution is 6.00. The number of methoxy groups -OCH3 is 1. The van der Waals surface area contributed by atoms with E-state index in [-0.39, 0.29) is 18.2 Å². The standard InChI is InChI=1S/C24H26F3N7O/c1-34-19(13-15-4-3-5-17(12-15)24(25,26)27)21-18(33-34)7-6-16-14-30-23(32-22(16)21)31-20(28)8-9-29-10-11-35-2/h3-5,8-9,12,14,29H,6-7,10-11,13H2,1-2H3,(H2,28,30,31,32)/b9-8-. The third-order valence-corrected chi connectivity index (χ3v) is 5.66. The number of nitrogens with zero attached hydrogens (tertiary/aromatic N) is 4. The van der Waals surface area contributed by atoms with E-state index in [4.69, 9.17) is 10.1 Å². The summed E-state index contributed by atoms with van der Waals surface area (Å²) in [6.45, 7) is 1.17. The predicted octanol–water partition coefficient (Wildman–Crippen LogP) is 3.72. The van der Waals surface area contributed by atoms with Crippen molar-refractivity contribution in [3.8, 4) is 11.3 Å². The van der Waals surface area contributed by atoms with Gasteiger partial charge in [0.05, 0.1) is 29.3 Å². The zero-order chi connectivity index (χ0) is 25.0. The SMILES string of the molecule is COCCN/C=C\C(=N)Nc1ncc2c(n1)-c1c(nn(C)c1Cc1cccc(C(F)(F)F)c1)CC2. The normalized spacial score (nSPS) is 12.9. The molecule has 2 aromatic heterocycles. The zero-order valence-electron chi connectivity index (χ0n) is 19.4. The second-order valence-corrected chi connectivity index (χ2v) is 8.15. The van der Waals surface area contributed by atoms with Crippen LogP contribution < -0.4 is 10.6 Å². The highest BCUT2D eigenvalue weighted by Crippen LogP contribution is 2.36. The first-order valence-corrected chi connectivity index (χ1v) is 11.1. The van der Waals surface area contributed by atoms with E-state index in [9.17, 15) is 13.2 Å². The maximum atomic E-state index is 13.2. The van der Waals surface area contributed by atoms with Crippen LogP contribution in [-0.4, -0.2) is 45.8 Å². The molecule has 35 heavy (non-hydrogen) atoms. The van der Waals surface area contributed by atoms with Crippen LogP contribution >= 0.6 is 0 Å². The fourth-order valence-electron chi connectivity index (χ4n) is 3.99. The molecule has 0 unspecified atom stereocenters. The minimum atomic E-state index is -4.40. The Labute approximate surface area is 200 Å². The predicted molar refractivity (Wildman–Crippen MR) is 126 cm³/mol. The summed E-state index contributed by atoms with van der Waals surface area (Å²) >= 11 is 0. The Hall–Kier alpha value is -3.73. The van der Waals surface area contributed by atoms with Gasteiger partial charge in [-0.05, 0) is 36.1 Å². The molecule has 2 heterocycles. The maximum Gasteiger partial charge on any atom is 0.416 e. The van der Waals surface area contributed by atoms with E-state index in [1.165, 1.54) is 12.1 Å². The molecule has 8 nitrogen and oxygen atoms in total. The molecule has 0 amide bonds. The van der Waals surface area contributed by atoms with Crippen molar-refractivity contribution < 1.29 is 17.9 Å². The number of amidine groups is 1. The van der Waals surface area contributed by atoms with Gasteiger partial charge in [0, 0.05) is 45.1 Å². The van der Waals surface area contributed by atoms with E-state index in [1.54, 1.807) is 43.4 Å². The van der Waals surface area contributed by atoms with Gasteiger partial charge in [-0.25, -0.2) is 9.97 Å². The Kier molecular flexibility index (Phi) is 7.15. The van der Waals surface area contributed by atoms with Crippen molar-refractivity contribution in [1.29, 1.82) is 5.41 Å². The van der Waals surface area contributed by atoms with Crippen LogP contribution in [0.25, 0.3) is 11.3 Å². The molecule has 0 atom stereocenters. The highest BCUT2D eigenvalue weighted by Gasteiger charge is 2.31. The van der Waals surface area contributed by atoms with Gasteiger partial charge in [-0.1, -0.05) is 18.2 Å². The number of hydrogen-bond acceptors (Lipinski definition) is 6. The summed E-state index contributed by atoms with van der Waals surface area (Å²) in [5.74, 6) is 0.360. The van der Waals surface area contributed by atoms with Crippen molar-refractivity contribution in [1.82, 2.24) is 25.1 Å². The van der Waals surface area contributed by atoms with Crippen LogP contribution in [0.4, 0.5) is 19.1 Å². The highest BCUT2D eigenvalue weighted by atomic mass is 19.4. The number of hydrogen-bond donors (Lipinski definition) is 3. The lowest BCUT2D eigenvalue weighted by Gasteiger charge is -2.17. The number of nitrogens with one attached hydrogen (secondary N) is 3. The number of ether oxygens (including phenoxy) is 1. The largest absolute Gasteiger partial charge is 0.416 e. The zero-order valence-corrected chi connectivity index (χ0v) is 19.4. The first-order valence-electron chi connectivity index (χ1n) is 11.1. The van der Waals surface area contributed by atoms with Crippen molar-refractivity contribution in [3.05, 3.63) is 70.8 Å². The molecular formula is C24H26F3N7O. The smallest absolute Gasteiger partial charge is 0.388 e. The van der Waals surface area contributed by atoms with Gasteiger partial charge in [-0.2, -0.15) is 18.3 Å². The van der Waals surface area contributed by atoms with Crippen molar-refractivity contribution in [3.63, 3.8) is 0 Å². The second kappa shape index (κ2) is 10.3. The fourth-order valence-corrected chi connectivity index (χ4v) is 3.99. The molecular weight excluding hydrogens is 459 g/mol. The number of rotatable bonds is 8. The topological polar surface area (TPSA) is 101 Å². The average Bonchev–Trinajstić information content (AvgIpc) is 3.14. The minimum absolute atomic E-state index is 0.0984. The van der Waals surface area contributed by atoms with Crippen molar-refractivity contribution in [2.75, 3.05) is 25.6 Å². The van der Waals surface area contributed by atoms with E-state index >= 15 is 0 Å². The van der Waals surface area contributed by atoms with Crippen LogP contribution in [0.2, 0.25) is 0 Å². The Morgan fingerprint density at radius 3 is 2.89 bits per heavy atom. The second-order valence-electron chi connectivity index (χ2n) is 8.15. The molecule has 3 N–H and O–H groups in total. The summed E-state index contributed by atoms with van der Waals surface area (Å²) in [5, 5.41) is 18.6. The van der Waals surface area contributed by atoms with Gasteiger partial charge < -0.3 is 15.4 Å². The lowest BCUT2D eigenvalue weighted by atomic mass is 9.91. The Morgan fingerprint density at radius 1 is 1.29 bits per heavy atom. The molecule has 1 aliphatic carbocycles. The number of benzene rings is 1. The number of halogens is 3. The average molecular weight is 486 g/mol. The minimum Gasteiger partial charge on any atom is -0.388 e. The van der Waals surface area contributed by atoms with Gasteiger partial charge in [0.1, 0.15) is 5.84 Å². The van der Waals surface area contributed by atoms with Crippen LogP contribution in [0, 0.1) is 5.41 Å². The number of aryl methyl sites for hydroxylation is 3. The van der Waals surface area contributed by atoms with Crippen LogP contribution in [0.1, 0.15) is 28.1 Å². The van der Waals surface area contributed by atoms with Gasteiger partial charge in [-0.15, -0.1) is 0 Å². The van der Waals surface area contributed by atoms with E-state index in [0.29, 0.717) is 37.3 Å². The molecule has 11 heteroatoms. The molecule has 184 valence electrons. The molecule has 1 aromatic carbocycles. The summed E-state index contributed by atoms with van der Waals surface area (Å²) < 4.78 is 46.3. The van der Waals surface area contributed by atoms with Crippen LogP contribution in [0.15, 0.2) is 42.7 Å². The van der Waals surface area contributed by atoms with Gasteiger partial charge in [0.2, 0.25) is 5.95 Å². The van der Waals surface area contributed by atoms with E-state index in [0.717, 1.165) is 28.6 Å². The molecule has 0 saturated heterocycles. The fraction of sp³-hybridized carbons (Fsp3) is 0.333. The summed E-state index contributed by atoms with van der Waals surface area (Å²) in [6, 6.07) is 5.34. The molecule has 1 aliphatic rings. The van der Waals surface area contributed by atoms with Crippen LogP contribution in [-0.2, 0) is 37.2 Å². The van der Waals surface area contributed by atoms with Gasteiger partial charge in [0.25, 0.3) is 0 Å². The quantitative estimate of drug-likeness (QED) is 0.255. The maximum absolute atomic E-state index is 13.2. The summed E-state index contributed by atoms with van der Waals surface area (Å²) in [5.41, 5.74) is 3.94. The first kappa shape index (κ1) is 24.4. The number of aromatic nitrogens is 4. The number of alkyl halides is 3. The van der Waals surface area contributed by atoms with E-state index in [1.807, 2.05) is 0 Å². The molecule has 4 rings (SSSR count). The van der Waals surface area contributed by atoms with Gasteiger partial charge in [-0.3, -0.25) is 10.1 Å². The molecule has 0 fully saturated rings. The molecule has 3 aromatic rings. The number of fused-ring (bicyclic) bond motifs is 3. The Bertz CT molecular complexity index is 1250. The molecule has 0 spiro atoms. The third-order valence-electron chi connectivity index (χ3n) is 5.66. The molecule has 0 bridgehead atoms. The number of anilines is 1. The molecule has 0 saturated carbocycles. The van der Waals surface area contributed by atoms with Crippen molar-refractivity contribution >= 4 is 11.8 Å². The van der Waals surface area contributed by atoms with Crippen molar-refractivity contribution in [2.24, 2.45) is 7.05 Å². The van der Waals surface area contributed by atoms with Crippen LogP contribution in [0.3, 0.4) is 0 Å². The van der Waals surface area contributed by atoms with E-state index < -0.39 is 11.7 Å². The summed E-state index contributed by atoms with van der Waals surface area (Å²) in [4.78, 5) is 8.99. The third kappa shape index (κ3) is 5.68. The Balaban J connectivity index is 1.60. The monoisotopic (exact) mass is 485 g/mol. The van der Waals surface area contributed by atoms with E-state index in [2.05, 4.69) is 25.7 Å². The molecule has 0 radical (unpaired) electrons. The van der Waals surface area contributed by atoms with Crippen LogP contribution in [0.5, 0.6) is 0 Å². The summed E-state index contributed by atoms with van der Waals surface area (Å²) in [7, 11) is 3.40.